The fourth-order valence-electron chi connectivity index (χ4n) is 1.59. The zero-order valence-corrected chi connectivity index (χ0v) is 8.87. The van der Waals surface area contributed by atoms with Gasteiger partial charge >= 0.3 is 6.09 Å². The van der Waals surface area contributed by atoms with Gasteiger partial charge in [-0.25, -0.2) is 4.79 Å². The summed E-state index contributed by atoms with van der Waals surface area (Å²) in [6.45, 7) is 2.07. The van der Waals surface area contributed by atoms with Crippen molar-refractivity contribution in [2.75, 3.05) is 17.2 Å². The van der Waals surface area contributed by atoms with Crippen molar-refractivity contribution in [2.45, 2.75) is 13.3 Å². The first-order valence-electron chi connectivity index (χ1n) is 5.05. The maximum Gasteiger partial charge on any atom is 0.411 e. The van der Waals surface area contributed by atoms with Crippen LogP contribution in [0.5, 0.6) is 0 Å². The number of hydrogen-bond acceptors (Lipinski definition) is 3. The fourth-order valence-corrected chi connectivity index (χ4v) is 1.59. The Morgan fingerprint density at radius 3 is 3.12 bits per heavy atom. The lowest BCUT2D eigenvalue weighted by Crippen LogP contribution is -2.13. The Kier molecular flexibility index (Phi) is 2.76. The van der Waals surface area contributed by atoms with E-state index in [-0.39, 0.29) is 5.91 Å². The van der Waals surface area contributed by atoms with Gasteiger partial charge in [-0.15, -0.1) is 0 Å². The summed E-state index contributed by atoms with van der Waals surface area (Å²) in [5, 5.41) is 5.31. The Morgan fingerprint density at radius 1 is 1.56 bits per heavy atom. The molecule has 16 heavy (non-hydrogen) atoms. The van der Waals surface area contributed by atoms with Crippen molar-refractivity contribution in [3.8, 4) is 0 Å². The molecule has 5 nitrogen and oxygen atoms in total. The zero-order valence-electron chi connectivity index (χ0n) is 8.87. The highest BCUT2D eigenvalue weighted by molar-refractivity contribution is 6.00. The second-order valence-electron chi connectivity index (χ2n) is 3.44. The van der Waals surface area contributed by atoms with Gasteiger partial charge in [-0.2, -0.15) is 0 Å². The highest BCUT2D eigenvalue weighted by Crippen LogP contribution is 2.25. The van der Waals surface area contributed by atoms with Gasteiger partial charge in [-0.1, -0.05) is 0 Å². The highest BCUT2D eigenvalue weighted by Gasteiger charge is 2.17. The summed E-state index contributed by atoms with van der Waals surface area (Å²) in [5.41, 5.74) is 2.33. The number of benzene rings is 1. The van der Waals surface area contributed by atoms with Gasteiger partial charge in [-0.05, 0) is 30.7 Å². The molecule has 1 aliphatic rings. The van der Waals surface area contributed by atoms with Crippen molar-refractivity contribution < 1.29 is 14.3 Å². The first-order valence-corrected chi connectivity index (χ1v) is 5.05. The average Bonchev–Trinajstić information content (AvgIpc) is 2.57. The zero-order chi connectivity index (χ0) is 11.5. The van der Waals surface area contributed by atoms with Gasteiger partial charge in [0.15, 0.2) is 0 Å². The third-order valence-electron chi connectivity index (χ3n) is 2.25. The van der Waals surface area contributed by atoms with Crippen LogP contribution in [0.3, 0.4) is 0 Å². The quantitative estimate of drug-likeness (QED) is 0.797. The Hall–Kier alpha value is -2.04. The lowest BCUT2D eigenvalue weighted by Gasteiger charge is -2.06. The van der Waals surface area contributed by atoms with Gasteiger partial charge in [0.05, 0.1) is 13.0 Å². The number of fused-ring (bicyclic) bond motifs is 1. The van der Waals surface area contributed by atoms with E-state index in [0.717, 1.165) is 11.3 Å². The molecule has 2 N–H and O–H groups in total. The summed E-state index contributed by atoms with van der Waals surface area (Å²) in [7, 11) is 0. The molecule has 2 amide bonds. The Bertz CT molecular complexity index is 443. The smallest absolute Gasteiger partial charge is 0.411 e. The molecule has 0 fully saturated rings. The van der Waals surface area contributed by atoms with Crippen LogP contribution in [0, 0.1) is 0 Å². The van der Waals surface area contributed by atoms with Crippen molar-refractivity contribution in [1.82, 2.24) is 0 Å². The molecule has 1 aliphatic heterocycles. The van der Waals surface area contributed by atoms with Crippen molar-refractivity contribution in [1.29, 1.82) is 0 Å². The first kappa shape index (κ1) is 10.5. The predicted octanol–water partition coefficient (Wildman–Crippen LogP) is 1.75. The molecule has 0 bridgehead atoms. The van der Waals surface area contributed by atoms with Gasteiger partial charge < -0.3 is 10.1 Å². The van der Waals surface area contributed by atoms with E-state index in [9.17, 15) is 9.59 Å². The average molecular weight is 220 g/mol. The summed E-state index contributed by atoms with van der Waals surface area (Å²) in [6, 6.07) is 5.26. The van der Waals surface area contributed by atoms with E-state index >= 15 is 0 Å². The Labute approximate surface area is 92.8 Å². The number of amides is 2. The van der Waals surface area contributed by atoms with Crippen molar-refractivity contribution >= 4 is 23.4 Å². The Morgan fingerprint density at radius 2 is 2.38 bits per heavy atom. The molecule has 1 aromatic rings. The molecule has 0 unspecified atom stereocenters. The maximum atomic E-state index is 11.2. The summed E-state index contributed by atoms with van der Waals surface area (Å²) >= 11 is 0. The second-order valence-corrected chi connectivity index (χ2v) is 3.44. The van der Waals surface area contributed by atoms with E-state index in [1.54, 1.807) is 25.1 Å². The highest BCUT2D eigenvalue weighted by atomic mass is 16.5. The molecule has 1 heterocycles. The van der Waals surface area contributed by atoms with E-state index in [1.807, 2.05) is 0 Å². The summed E-state index contributed by atoms with van der Waals surface area (Å²) < 4.78 is 4.75. The van der Waals surface area contributed by atoms with Gasteiger partial charge in [0.25, 0.3) is 0 Å². The molecule has 0 atom stereocenters. The first-order chi connectivity index (χ1) is 7.69. The minimum Gasteiger partial charge on any atom is -0.450 e. The van der Waals surface area contributed by atoms with Crippen LogP contribution in [0.15, 0.2) is 18.2 Å². The molecular weight excluding hydrogens is 208 g/mol. The second kappa shape index (κ2) is 4.22. The Balaban J connectivity index is 2.10. The summed E-state index contributed by atoms with van der Waals surface area (Å²) in [5.74, 6) is -0.0247. The minimum absolute atomic E-state index is 0.0247. The van der Waals surface area contributed by atoms with Crippen molar-refractivity contribution in [3.05, 3.63) is 23.8 Å². The molecule has 0 aliphatic carbocycles. The molecule has 5 heteroatoms. The van der Waals surface area contributed by atoms with E-state index in [0.29, 0.717) is 18.7 Å². The van der Waals surface area contributed by atoms with Gasteiger partial charge in [-0.3, -0.25) is 10.1 Å². The van der Waals surface area contributed by atoms with Crippen LogP contribution in [0.25, 0.3) is 0 Å². The van der Waals surface area contributed by atoms with Crippen LogP contribution in [0.4, 0.5) is 16.2 Å². The van der Waals surface area contributed by atoms with Crippen LogP contribution in [0.2, 0.25) is 0 Å². The van der Waals surface area contributed by atoms with Crippen LogP contribution in [-0.2, 0) is 16.0 Å². The molecule has 0 saturated carbocycles. The molecule has 84 valence electrons. The van der Waals surface area contributed by atoms with Crippen molar-refractivity contribution in [2.24, 2.45) is 0 Å². The number of carbonyl (C=O) groups excluding carboxylic acids is 2. The molecular formula is C11H12N2O3. The summed E-state index contributed by atoms with van der Waals surface area (Å²) in [6.07, 6.45) is -0.132. The number of rotatable bonds is 2. The van der Waals surface area contributed by atoms with E-state index in [4.69, 9.17) is 4.74 Å². The largest absolute Gasteiger partial charge is 0.450 e. The summed E-state index contributed by atoms with van der Waals surface area (Å²) in [4.78, 5) is 22.3. The van der Waals surface area contributed by atoms with Crippen molar-refractivity contribution in [3.63, 3.8) is 0 Å². The standard InChI is InChI=1S/C11H12N2O3/c1-2-16-11(15)12-8-3-4-9-7(5-8)6-10(14)13-9/h3-5H,2,6H2,1H3,(H,12,15)(H,13,14). The molecule has 0 radical (unpaired) electrons. The molecule has 1 aromatic carbocycles. The fraction of sp³-hybridized carbons (Fsp3) is 0.273. The lowest BCUT2D eigenvalue weighted by atomic mass is 10.1. The number of nitrogens with one attached hydrogen (secondary N) is 2. The number of anilines is 2. The van der Waals surface area contributed by atoms with Crippen LogP contribution >= 0.6 is 0 Å². The molecule has 0 spiro atoms. The molecule has 0 aromatic heterocycles. The van der Waals surface area contributed by atoms with Gasteiger partial charge in [0.1, 0.15) is 0 Å². The predicted molar refractivity (Wildman–Crippen MR) is 59.4 cm³/mol. The topological polar surface area (TPSA) is 67.4 Å². The third kappa shape index (κ3) is 2.13. The van der Waals surface area contributed by atoms with Gasteiger partial charge in [0, 0.05) is 11.4 Å². The third-order valence-corrected chi connectivity index (χ3v) is 2.25. The number of ether oxygens (including phenoxy) is 1. The van der Waals surface area contributed by atoms with Gasteiger partial charge in [0.2, 0.25) is 5.91 Å². The number of carbonyl (C=O) groups is 2. The minimum atomic E-state index is -0.486. The van der Waals surface area contributed by atoms with E-state index in [2.05, 4.69) is 10.6 Å². The van der Waals surface area contributed by atoms with Crippen LogP contribution in [0.1, 0.15) is 12.5 Å². The van der Waals surface area contributed by atoms with Crippen LogP contribution in [-0.4, -0.2) is 18.6 Å². The molecule has 2 rings (SSSR count). The normalized spacial score (nSPS) is 12.9. The SMILES string of the molecule is CCOC(=O)Nc1ccc2c(c1)CC(=O)N2. The van der Waals surface area contributed by atoms with Crippen LogP contribution < -0.4 is 10.6 Å². The monoisotopic (exact) mass is 220 g/mol. The maximum absolute atomic E-state index is 11.2. The number of hydrogen-bond donors (Lipinski definition) is 2. The van der Waals surface area contributed by atoms with E-state index in [1.165, 1.54) is 0 Å². The molecule has 0 saturated heterocycles. The van der Waals surface area contributed by atoms with E-state index < -0.39 is 6.09 Å². The lowest BCUT2D eigenvalue weighted by molar-refractivity contribution is -0.115.